The van der Waals surface area contributed by atoms with E-state index in [1.54, 1.807) is 0 Å². The second kappa shape index (κ2) is 9.43. The van der Waals surface area contributed by atoms with Crippen molar-refractivity contribution in [3.05, 3.63) is 179 Å². The zero-order chi connectivity index (χ0) is 28.3. The molecule has 6 aromatic rings. The van der Waals surface area contributed by atoms with Gasteiger partial charge in [-0.05, 0) is 53.9 Å². The summed E-state index contributed by atoms with van der Waals surface area (Å²) in [6, 6.07) is 55.4. The van der Waals surface area contributed by atoms with Crippen molar-refractivity contribution in [2.45, 2.75) is 19.3 Å². The van der Waals surface area contributed by atoms with Gasteiger partial charge in [-0.2, -0.15) is 9.48 Å². The van der Waals surface area contributed by atoms with Crippen molar-refractivity contribution in [2.24, 2.45) is 0 Å². The number of hydrogen-bond donors (Lipinski definition) is 0. The number of para-hydroxylation sites is 4. The molecule has 0 aliphatic carbocycles. The molecule has 2 heteroatoms. The first-order valence-electron chi connectivity index (χ1n) is 14.6. The van der Waals surface area contributed by atoms with Crippen LogP contribution in [0.15, 0.2) is 152 Å². The quantitative estimate of drug-likeness (QED) is 0.203. The van der Waals surface area contributed by atoms with Gasteiger partial charge >= 0.3 is 0 Å². The lowest BCUT2D eigenvalue weighted by Crippen LogP contribution is -2.40. The molecule has 0 amide bonds. The molecule has 0 fully saturated rings. The van der Waals surface area contributed by atoms with Crippen molar-refractivity contribution in [1.82, 2.24) is 4.58 Å². The van der Waals surface area contributed by atoms with E-state index in [9.17, 15) is 0 Å². The Kier molecular flexibility index (Phi) is 5.52. The van der Waals surface area contributed by atoms with Gasteiger partial charge in [0.25, 0.3) is 5.84 Å². The minimum atomic E-state index is -0.497. The summed E-state index contributed by atoms with van der Waals surface area (Å²) >= 11 is 0. The number of anilines is 2. The summed E-state index contributed by atoms with van der Waals surface area (Å²) in [6.07, 6.45) is 0. The third-order valence-electron chi connectivity index (χ3n) is 9.04. The summed E-state index contributed by atoms with van der Waals surface area (Å²) in [5.74, 6) is 1.16. The molecule has 0 radical (unpaired) electrons. The number of fused-ring (bicyclic) bond motifs is 4. The maximum Gasteiger partial charge on any atom is 0.264 e. The van der Waals surface area contributed by atoms with Gasteiger partial charge in [0, 0.05) is 29.2 Å². The predicted octanol–water partition coefficient (Wildman–Crippen LogP) is 9.76. The van der Waals surface area contributed by atoms with E-state index in [1.807, 2.05) is 0 Å². The summed E-state index contributed by atoms with van der Waals surface area (Å²) < 4.78 is 2.53. The van der Waals surface area contributed by atoms with Gasteiger partial charge in [-0.3, -0.25) is 0 Å². The lowest BCUT2D eigenvalue weighted by molar-refractivity contribution is 0.708. The van der Waals surface area contributed by atoms with Crippen LogP contribution >= 0.6 is 0 Å². The minimum absolute atomic E-state index is 0.497. The molecule has 2 aliphatic rings. The molecule has 200 valence electrons. The zero-order valence-electron chi connectivity index (χ0n) is 23.8. The molecule has 0 saturated carbocycles. The van der Waals surface area contributed by atoms with Crippen LogP contribution in [0.1, 0.15) is 34.7 Å². The van der Waals surface area contributed by atoms with Gasteiger partial charge in [0.05, 0.1) is 5.41 Å². The number of aryl methyl sites for hydroxylation is 1. The summed E-state index contributed by atoms with van der Waals surface area (Å²) in [7, 11) is 0. The van der Waals surface area contributed by atoms with Gasteiger partial charge in [0.15, 0.2) is 0 Å². The van der Waals surface area contributed by atoms with Crippen molar-refractivity contribution in [3.8, 4) is 11.1 Å². The van der Waals surface area contributed by atoms with Crippen LogP contribution in [0.2, 0.25) is 0 Å². The molecule has 8 rings (SSSR count). The molecule has 0 saturated heterocycles. The molecule has 0 aromatic heterocycles. The van der Waals surface area contributed by atoms with Gasteiger partial charge in [-0.1, -0.05) is 121 Å². The Balaban J connectivity index is 1.62. The fourth-order valence-electron chi connectivity index (χ4n) is 7.38. The molecule has 0 unspecified atom stereocenters. The monoisotopic (exact) mass is 539 g/mol. The van der Waals surface area contributed by atoms with Gasteiger partial charge in [0.2, 0.25) is 0 Å². The highest BCUT2D eigenvalue weighted by Gasteiger charge is 2.50. The van der Waals surface area contributed by atoms with E-state index in [2.05, 4.69) is 175 Å². The summed E-state index contributed by atoms with van der Waals surface area (Å²) in [5, 5.41) is 0. The summed E-state index contributed by atoms with van der Waals surface area (Å²) in [6.45, 7) is 4.52. The molecule has 0 spiro atoms. The Hall–Kier alpha value is -5.21. The number of amidine groups is 1. The summed E-state index contributed by atoms with van der Waals surface area (Å²) in [4.78, 5) is 2.42. The Labute approximate surface area is 247 Å². The van der Waals surface area contributed by atoms with E-state index in [0.29, 0.717) is 0 Å². The van der Waals surface area contributed by atoms with E-state index in [1.165, 1.54) is 56.0 Å². The van der Waals surface area contributed by atoms with Crippen LogP contribution in [0.4, 0.5) is 22.7 Å². The smallest absolute Gasteiger partial charge is 0.196 e. The Morgan fingerprint density at radius 3 is 1.67 bits per heavy atom. The molecule has 2 nitrogen and oxygen atoms in total. The molecule has 2 aliphatic heterocycles. The van der Waals surface area contributed by atoms with Crippen molar-refractivity contribution in [2.75, 3.05) is 4.90 Å². The van der Waals surface area contributed by atoms with Crippen LogP contribution < -0.4 is 9.48 Å². The van der Waals surface area contributed by atoms with Gasteiger partial charge in [0.1, 0.15) is 22.7 Å². The van der Waals surface area contributed by atoms with Crippen LogP contribution in [-0.4, -0.2) is 5.84 Å². The normalized spacial score (nSPS) is 14.5. The number of benzene rings is 6. The first-order chi connectivity index (χ1) is 20.7. The van der Waals surface area contributed by atoms with Crippen LogP contribution in [0.3, 0.4) is 0 Å². The summed E-state index contributed by atoms with van der Waals surface area (Å²) in [5.41, 5.74) is 13.2. The van der Waals surface area contributed by atoms with Gasteiger partial charge < -0.3 is 0 Å². The van der Waals surface area contributed by atoms with Crippen molar-refractivity contribution in [1.29, 1.82) is 0 Å². The third kappa shape index (κ3) is 3.30. The topological polar surface area (TPSA) is 6.25 Å². The second-order valence-corrected chi connectivity index (χ2v) is 11.2. The van der Waals surface area contributed by atoms with E-state index in [0.717, 1.165) is 11.5 Å². The van der Waals surface area contributed by atoms with Crippen molar-refractivity contribution in [3.63, 3.8) is 0 Å². The third-order valence-corrected chi connectivity index (χ3v) is 9.04. The average Bonchev–Trinajstić information content (AvgIpc) is 3.16. The van der Waals surface area contributed by atoms with E-state index >= 15 is 0 Å². The molecule has 42 heavy (non-hydrogen) atoms. The average molecular weight is 540 g/mol. The first kappa shape index (κ1) is 24.6. The predicted molar refractivity (Wildman–Crippen MR) is 176 cm³/mol. The lowest BCUT2D eigenvalue weighted by atomic mass is 9.62. The molecular formula is C40H31N2+. The highest BCUT2D eigenvalue weighted by Crippen LogP contribution is 2.58. The van der Waals surface area contributed by atoms with Gasteiger partial charge in [-0.25, -0.2) is 0 Å². The molecular weight excluding hydrogens is 508 g/mol. The molecule has 2 heterocycles. The number of nitrogens with zero attached hydrogens (tertiary/aromatic N) is 2. The maximum atomic E-state index is 2.53. The highest BCUT2D eigenvalue weighted by molar-refractivity contribution is 6.13. The van der Waals surface area contributed by atoms with Crippen LogP contribution in [-0.2, 0) is 5.41 Å². The highest BCUT2D eigenvalue weighted by atomic mass is 15.3. The Bertz CT molecular complexity index is 1950. The van der Waals surface area contributed by atoms with Crippen LogP contribution in [0.25, 0.3) is 11.1 Å². The SMILES string of the molecule is CC1=[N+]2c3c(C)cccc3C(c3ccccc3)(c3ccccc3)c3cccc(c32)-c2ccccc2N1c1ccccc1. The number of rotatable bonds is 3. The maximum absolute atomic E-state index is 2.53. The minimum Gasteiger partial charge on any atom is -0.196 e. The standard InChI is InChI=1S/C40H31N2/c1-28-16-14-25-35-38(28)42-29(2)41(32-21-10-5-11-22-32)37-27-13-12-23-33(37)34-24-15-26-36(39(34)42)40(35,30-17-6-3-7-18-30)31-19-8-4-9-20-31/h3-27H,1-2H3/q+1. The first-order valence-corrected chi connectivity index (χ1v) is 14.6. The molecule has 6 aromatic carbocycles. The zero-order valence-corrected chi connectivity index (χ0v) is 23.8. The van der Waals surface area contributed by atoms with Crippen molar-refractivity contribution >= 4 is 28.6 Å². The number of hydrogen-bond acceptors (Lipinski definition) is 1. The second-order valence-electron chi connectivity index (χ2n) is 11.2. The Morgan fingerprint density at radius 2 is 1.00 bits per heavy atom. The van der Waals surface area contributed by atoms with E-state index in [-0.39, 0.29) is 0 Å². The van der Waals surface area contributed by atoms with Crippen LogP contribution in [0.5, 0.6) is 0 Å². The van der Waals surface area contributed by atoms with E-state index < -0.39 is 5.41 Å². The largest absolute Gasteiger partial charge is 0.264 e. The van der Waals surface area contributed by atoms with Gasteiger partial charge in [-0.15, -0.1) is 0 Å². The molecule has 0 N–H and O–H groups in total. The van der Waals surface area contributed by atoms with Crippen molar-refractivity contribution < 1.29 is 0 Å². The van der Waals surface area contributed by atoms with E-state index in [4.69, 9.17) is 0 Å². The molecule has 0 atom stereocenters. The lowest BCUT2D eigenvalue weighted by Gasteiger charge is -2.42. The Morgan fingerprint density at radius 1 is 0.476 bits per heavy atom. The van der Waals surface area contributed by atoms with Crippen LogP contribution in [0, 0.1) is 6.92 Å². The fraction of sp³-hybridized carbons (Fsp3) is 0.0750. The fourth-order valence-corrected chi connectivity index (χ4v) is 7.38. The molecule has 0 bridgehead atoms.